The molecule has 0 heterocycles. The molecule has 1 aliphatic rings. The summed E-state index contributed by atoms with van der Waals surface area (Å²) in [5.41, 5.74) is 1.11. The summed E-state index contributed by atoms with van der Waals surface area (Å²) < 4.78 is 0. The Labute approximate surface area is 81.2 Å². The molecule has 0 amide bonds. The second-order valence-corrected chi connectivity index (χ2v) is 3.94. The Morgan fingerprint density at radius 3 is 2.69 bits per heavy atom. The molecule has 0 aliphatic heterocycles. The molecule has 13 heavy (non-hydrogen) atoms. The molecule has 74 valence electrons. The number of rotatable bonds is 5. The average Bonchev–Trinajstić information content (AvgIpc) is 2.48. The topological polar surface area (TPSA) is 17.1 Å². The van der Waals surface area contributed by atoms with Crippen molar-refractivity contribution < 1.29 is 4.79 Å². The maximum Gasteiger partial charge on any atom is 0.159 e. The SMILES string of the molecule is CCCCCC1=CC(CC)CC1=O. The lowest BCUT2D eigenvalue weighted by atomic mass is 10.1. The summed E-state index contributed by atoms with van der Waals surface area (Å²) in [6, 6.07) is 0. The van der Waals surface area contributed by atoms with Crippen LogP contribution in [0.5, 0.6) is 0 Å². The van der Waals surface area contributed by atoms with E-state index in [0.717, 1.165) is 24.8 Å². The number of carbonyl (C=O) groups excluding carboxylic acids is 1. The van der Waals surface area contributed by atoms with E-state index in [1.54, 1.807) is 0 Å². The molecule has 0 spiro atoms. The summed E-state index contributed by atoms with van der Waals surface area (Å²) in [7, 11) is 0. The van der Waals surface area contributed by atoms with E-state index in [0.29, 0.717) is 11.7 Å². The first kappa shape index (κ1) is 10.5. The van der Waals surface area contributed by atoms with Crippen LogP contribution < -0.4 is 0 Å². The third kappa shape index (κ3) is 2.98. The third-order valence-electron chi connectivity index (χ3n) is 2.82. The van der Waals surface area contributed by atoms with Gasteiger partial charge in [-0.2, -0.15) is 0 Å². The summed E-state index contributed by atoms with van der Waals surface area (Å²) in [6.07, 6.45) is 8.78. The van der Waals surface area contributed by atoms with E-state index >= 15 is 0 Å². The van der Waals surface area contributed by atoms with Gasteiger partial charge in [0.05, 0.1) is 0 Å². The molecule has 1 heteroatoms. The molecule has 0 saturated carbocycles. The minimum absolute atomic E-state index is 0.406. The van der Waals surface area contributed by atoms with Crippen LogP contribution in [0.3, 0.4) is 0 Å². The normalized spacial score (nSPS) is 22.2. The summed E-state index contributed by atoms with van der Waals surface area (Å²) in [6.45, 7) is 4.35. The quantitative estimate of drug-likeness (QED) is 0.592. The first-order valence-electron chi connectivity index (χ1n) is 5.51. The Morgan fingerprint density at radius 1 is 1.38 bits per heavy atom. The Hall–Kier alpha value is -0.590. The zero-order chi connectivity index (χ0) is 9.68. The van der Waals surface area contributed by atoms with Crippen LogP contribution in [0, 0.1) is 5.92 Å². The number of hydrogen-bond donors (Lipinski definition) is 0. The Bertz CT molecular complexity index is 203. The van der Waals surface area contributed by atoms with Crippen molar-refractivity contribution in [1.82, 2.24) is 0 Å². The smallest absolute Gasteiger partial charge is 0.159 e. The molecule has 1 aliphatic carbocycles. The van der Waals surface area contributed by atoms with E-state index < -0.39 is 0 Å². The lowest BCUT2D eigenvalue weighted by molar-refractivity contribution is -0.115. The molecule has 1 rings (SSSR count). The molecule has 0 aromatic heterocycles. The number of ketones is 1. The molecule has 1 atom stereocenters. The second kappa shape index (κ2) is 5.21. The van der Waals surface area contributed by atoms with Gasteiger partial charge in [-0.15, -0.1) is 0 Å². The highest BCUT2D eigenvalue weighted by atomic mass is 16.1. The molecule has 1 nitrogen and oxygen atoms in total. The van der Waals surface area contributed by atoms with E-state index in [-0.39, 0.29) is 0 Å². The molecular formula is C12H20O. The fraction of sp³-hybridized carbons (Fsp3) is 0.750. The molecule has 0 bridgehead atoms. The van der Waals surface area contributed by atoms with Crippen molar-refractivity contribution in [2.75, 3.05) is 0 Å². The van der Waals surface area contributed by atoms with Gasteiger partial charge in [-0.25, -0.2) is 0 Å². The zero-order valence-electron chi connectivity index (χ0n) is 8.81. The largest absolute Gasteiger partial charge is 0.295 e. The number of carbonyl (C=O) groups is 1. The molecule has 0 aromatic carbocycles. The van der Waals surface area contributed by atoms with E-state index in [1.165, 1.54) is 19.3 Å². The van der Waals surface area contributed by atoms with Crippen molar-refractivity contribution >= 4 is 5.78 Å². The van der Waals surface area contributed by atoms with Crippen molar-refractivity contribution in [1.29, 1.82) is 0 Å². The fourth-order valence-corrected chi connectivity index (χ4v) is 1.86. The van der Waals surface area contributed by atoms with Gasteiger partial charge in [0.25, 0.3) is 0 Å². The minimum Gasteiger partial charge on any atom is -0.295 e. The molecule has 0 radical (unpaired) electrons. The van der Waals surface area contributed by atoms with Crippen LogP contribution >= 0.6 is 0 Å². The van der Waals surface area contributed by atoms with Crippen molar-refractivity contribution in [2.24, 2.45) is 5.92 Å². The minimum atomic E-state index is 0.406. The number of allylic oxidation sites excluding steroid dienone is 2. The Balaban J connectivity index is 2.35. The monoisotopic (exact) mass is 180 g/mol. The van der Waals surface area contributed by atoms with Crippen molar-refractivity contribution in [2.45, 2.75) is 52.4 Å². The molecule has 1 unspecified atom stereocenters. The average molecular weight is 180 g/mol. The molecule has 0 N–H and O–H groups in total. The van der Waals surface area contributed by atoms with Crippen LogP contribution in [0.1, 0.15) is 52.4 Å². The first-order chi connectivity index (χ1) is 6.27. The van der Waals surface area contributed by atoms with Gasteiger partial charge in [0.15, 0.2) is 5.78 Å². The van der Waals surface area contributed by atoms with Gasteiger partial charge in [-0.05, 0) is 30.8 Å². The lowest BCUT2D eigenvalue weighted by Crippen LogP contribution is -1.97. The molecule has 0 aromatic rings. The van der Waals surface area contributed by atoms with Gasteiger partial charge in [0.2, 0.25) is 0 Å². The third-order valence-corrected chi connectivity index (χ3v) is 2.82. The summed E-state index contributed by atoms with van der Waals surface area (Å²) >= 11 is 0. The molecule has 0 saturated heterocycles. The van der Waals surface area contributed by atoms with E-state index in [4.69, 9.17) is 0 Å². The predicted molar refractivity (Wildman–Crippen MR) is 55.6 cm³/mol. The van der Waals surface area contributed by atoms with Crippen LogP contribution in [-0.2, 0) is 4.79 Å². The van der Waals surface area contributed by atoms with Gasteiger partial charge >= 0.3 is 0 Å². The van der Waals surface area contributed by atoms with Crippen LogP contribution in [-0.4, -0.2) is 5.78 Å². The lowest BCUT2D eigenvalue weighted by Gasteiger charge is -1.98. The fourth-order valence-electron chi connectivity index (χ4n) is 1.86. The van der Waals surface area contributed by atoms with Gasteiger partial charge in [0, 0.05) is 6.42 Å². The van der Waals surface area contributed by atoms with Crippen LogP contribution in [0.4, 0.5) is 0 Å². The van der Waals surface area contributed by atoms with Gasteiger partial charge < -0.3 is 0 Å². The number of hydrogen-bond acceptors (Lipinski definition) is 1. The van der Waals surface area contributed by atoms with E-state index in [9.17, 15) is 4.79 Å². The van der Waals surface area contributed by atoms with Gasteiger partial charge in [-0.3, -0.25) is 4.79 Å². The first-order valence-corrected chi connectivity index (χ1v) is 5.51. The maximum atomic E-state index is 11.5. The van der Waals surface area contributed by atoms with Crippen LogP contribution in [0.2, 0.25) is 0 Å². The van der Waals surface area contributed by atoms with Crippen LogP contribution in [0.15, 0.2) is 11.6 Å². The molecule has 0 fully saturated rings. The highest BCUT2D eigenvalue weighted by molar-refractivity contribution is 5.97. The van der Waals surface area contributed by atoms with Crippen LogP contribution in [0.25, 0.3) is 0 Å². The Kier molecular flexibility index (Phi) is 4.20. The molecular weight excluding hydrogens is 160 g/mol. The highest BCUT2D eigenvalue weighted by Crippen LogP contribution is 2.26. The van der Waals surface area contributed by atoms with E-state index in [2.05, 4.69) is 19.9 Å². The zero-order valence-corrected chi connectivity index (χ0v) is 8.81. The highest BCUT2D eigenvalue weighted by Gasteiger charge is 2.21. The number of Topliss-reactive ketones (excluding diaryl/α,β-unsaturated/α-hetero) is 1. The standard InChI is InChI=1S/C12H20O/c1-3-5-6-7-11-8-10(4-2)9-12(11)13/h8,10H,3-7,9H2,1-2H3. The van der Waals surface area contributed by atoms with Crippen molar-refractivity contribution in [3.05, 3.63) is 11.6 Å². The summed E-state index contributed by atoms with van der Waals surface area (Å²) in [5.74, 6) is 0.951. The maximum absolute atomic E-state index is 11.5. The van der Waals surface area contributed by atoms with E-state index in [1.807, 2.05) is 0 Å². The van der Waals surface area contributed by atoms with Gasteiger partial charge in [0.1, 0.15) is 0 Å². The Morgan fingerprint density at radius 2 is 2.15 bits per heavy atom. The second-order valence-electron chi connectivity index (χ2n) is 3.94. The predicted octanol–water partition coefficient (Wildman–Crippen LogP) is 3.49. The summed E-state index contributed by atoms with van der Waals surface area (Å²) in [5, 5.41) is 0. The van der Waals surface area contributed by atoms with Crippen molar-refractivity contribution in [3.63, 3.8) is 0 Å². The number of unbranched alkanes of at least 4 members (excludes halogenated alkanes) is 2. The van der Waals surface area contributed by atoms with Crippen molar-refractivity contribution in [3.8, 4) is 0 Å². The van der Waals surface area contributed by atoms with Gasteiger partial charge in [-0.1, -0.05) is 32.8 Å². The summed E-state index contributed by atoms with van der Waals surface area (Å²) in [4.78, 5) is 11.5.